The zero-order chi connectivity index (χ0) is 16.9. The molecule has 3 aromatic carbocycles. The van der Waals surface area contributed by atoms with Crippen molar-refractivity contribution in [3.05, 3.63) is 95.9 Å². The van der Waals surface area contributed by atoms with E-state index in [4.69, 9.17) is 4.42 Å². The van der Waals surface area contributed by atoms with Gasteiger partial charge in [-0.15, -0.1) is 10.2 Å². The van der Waals surface area contributed by atoms with Crippen LogP contribution in [0.4, 0.5) is 0 Å². The molecule has 4 nitrogen and oxygen atoms in total. The fraction of sp³-hybridized carbons (Fsp3) is 0.0476. The lowest BCUT2D eigenvalue weighted by Gasteiger charge is -2.21. The summed E-state index contributed by atoms with van der Waals surface area (Å²) in [5.74, 6) is 0.578. The van der Waals surface area contributed by atoms with Gasteiger partial charge in [0.15, 0.2) is 5.60 Å². The van der Waals surface area contributed by atoms with Crippen LogP contribution in [0.3, 0.4) is 0 Å². The zero-order valence-corrected chi connectivity index (χ0v) is 13.3. The maximum Gasteiger partial charge on any atom is 0.257 e. The first kappa shape index (κ1) is 14.1. The summed E-state index contributed by atoms with van der Waals surface area (Å²) in [4.78, 5) is 0. The largest absolute Gasteiger partial charge is 0.417 e. The first-order valence-corrected chi connectivity index (χ1v) is 8.09. The van der Waals surface area contributed by atoms with Crippen molar-refractivity contribution < 1.29 is 9.52 Å². The average molecular weight is 326 g/mol. The maximum atomic E-state index is 11.6. The van der Waals surface area contributed by atoms with Crippen molar-refractivity contribution in [2.45, 2.75) is 5.60 Å². The third-order valence-electron chi connectivity index (χ3n) is 4.68. The van der Waals surface area contributed by atoms with Crippen LogP contribution < -0.4 is 0 Å². The minimum atomic E-state index is -1.44. The molecular weight excluding hydrogens is 312 g/mol. The average Bonchev–Trinajstić information content (AvgIpc) is 3.27. The van der Waals surface area contributed by atoms with Gasteiger partial charge in [-0.1, -0.05) is 66.7 Å². The number of aromatic nitrogens is 2. The third-order valence-corrected chi connectivity index (χ3v) is 4.68. The lowest BCUT2D eigenvalue weighted by atomic mass is 9.91. The molecule has 5 rings (SSSR count). The molecule has 1 heterocycles. The summed E-state index contributed by atoms with van der Waals surface area (Å²) < 4.78 is 5.90. The highest BCUT2D eigenvalue weighted by Gasteiger charge is 2.47. The van der Waals surface area contributed by atoms with Crippen molar-refractivity contribution >= 4 is 0 Å². The summed E-state index contributed by atoms with van der Waals surface area (Å²) in [6, 6.07) is 25.1. The lowest BCUT2D eigenvalue weighted by molar-refractivity contribution is 0.0981. The third kappa shape index (κ3) is 1.92. The number of fused-ring (bicyclic) bond motifs is 3. The summed E-state index contributed by atoms with van der Waals surface area (Å²) >= 11 is 0. The zero-order valence-electron chi connectivity index (χ0n) is 13.3. The smallest absolute Gasteiger partial charge is 0.257 e. The van der Waals surface area contributed by atoms with E-state index in [9.17, 15) is 5.11 Å². The quantitative estimate of drug-likeness (QED) is 0.605. The van der Waals surface area contributed by atoms with E-state index in [0.29, 0.717) is 5.89 Å². The van der Waals surface area contributed by atoms with Gasteiger partial charge in [-0.3, -0.25) is 0 Å². The van der Waals surface area contributed by atoms with Crippen molar-refractivity contribution in [2.75, 3.05) is 0 Å². The molecule has 120 valence electrons. The van der Waals surface area contributed by atoms with Crippen LogP contribution in [0.5, 0.6) is 0 Å². The Labute approximate surface area is 144 Å². The van der Waals surface area contributed by atoms with Gasteiger partial charge in [0.2, 0.25) is 5.89 Å². The number of rotatable bonds is 2. The highest BCUT2D eigenvalue weighted by molar-refractivity contribution is 5.81. The molecular formula is C21H14N2O2. The first-order chi connectivity index (χ1) is 12.3. The summed E-state index contributed by atoms with van der Waals surface area (Å²) in [5.41, 5.74) is 2.89. The normalized spacial score (nSPS) is 14.1. The molecule has 0 aliphatic heterocycles. The first-order valence-electron chi connectivity index (χ1n) is 8.09. The van der Waals surface area contributed by atoms with Gasteiger partial charge in [-0.05, 0) is 23.3 Å². The van der Waals surface area contributed by atoms with Crippen molar-refractivity contribution in [3.63, 3.8) is 0 Å². The van der Waals surface area contributed by atoms with Gasteiger partial charge < -0.3 is 9.52 Å². The maximum absolute atomic E-state index is 11.6. The Bertz CT molecular complexity index is 1020. The molecule has 1 N–H and O–H groups in total. The van der Waals surface area contributed by atoms with Crippen LogP contribution in [0.2, 0.25) is 0 Å². The van der Waals surface area contributed by atoms with Gasteiger partial charge in [0.25, 0.3) is 5.89 Å². The van der Waals surface area contributed by atoms with Crippen molar-refractivity contribution in [1.29, 1.82) is 0 Å². The topological polar surface area (TPSA) is 59.2 Å². The molecule has 0 amide bonds. The van der Waals surface area contributed by atoms with E-state index in [1.54, 1.807) is 0 Å². The lowest BCUT2D eigenvalue weighted by Crippen LogP contribution is -2.26. The van der Waals surface area contributed by atoms with Crippen LogP contribution >= 0.6 is 0 Å². The highest BCUT2D eigenvalue weighted by Crippen LogP contribution is 2.50. The van der Waals surface area contributed by atoms with E-state index in [1.807, 2.05) is 78.9 Å². The minimum absolute atomic E-state index is 0.184. The summed E-state index contributed by atoms with van der Waals surface area (Å²) in [6.45, 7) is 0. The Balaban J connectivity index is 1.73. The number of nitrogens with zero attached hydrogens (tertiary/aromatic N) is 2. The van der Waals surface area contributed by atoms with Gasteiger partial charge in [0.05, 0.1) is 0 Å². The van der Waals surface area contributed by atoms with Crippen LogP contribution in [-0.4, -0.2) is 15.3 Å². The van der Waals surface area contributed by atoms with Crippen molar-refractivity contribution in [3.8, 4) is 22.6 Å². The highest BCUT2D eigenvalue weighted by atomic mass is 16.4. The fourth-order valence-electron chi connectivity index (χ4n) is 3.51. The minimum Gasteiger partial charge on any atom is -0.417 e. The van der Waals surface area contributed by atoms with Crippen LogP contribution in [0.15, 0.2) is 83.3 Å². The molecule has 0 saturated heterocycles. The van der Waals surface area contributed by atoms with E-state index in [-0.39, 0.29) is 5.89 Å². The Hall–Kier alpha value is -3.24. The Morgan fingerprint density at radius 1 is 0.680 bits per heavy atom. The van der Waals surface area contributed by atoms with Crippen molar-refractivity contribution in [1.82, 2.24) is 10.2 Å². The second-order valence-electron chi connectivity index (χ2n) is 6.08. The van der Waals surface area contributed by atoms with Crippen molar-refractivity contribution in [2.24, 2.45) is 0 Å². The fourth-order valence-corrected chi connectivity index (χ4v) is 3.51. The number of hydrogen-bond acceptors (Lipinski definition) is 4. The molecule has 1 aliphatic carbocycles. The molecule has 0 unspecified atom stereocenters. The molecule has 25 heavy (non-hydrogen) atoms. The molecule has 4 aromatic rings. The predicted molar refractivity (Wildman–Crippen MR) is 93.7 cm³/mol. The standard InChI is InChI=1S/C21H14N2O2/c24-21(20-23-22-19(25-20)14-8-2-1-3-9-14)17-12-6-4-10-15(17)16-11-5-7-13-18(16)21/h1-13,24H. The van der Waals surface area contributed by atoms with Gasteiger partial charge in [-0.2, -0.15) is 0 Å². The summed E-state index contributed by atoms with van der Waals surface area (Å²) in [7, 11) is 0. The summed E-state index contributed by atoms with van der Waals surface area (Å²) in [5, 5.41) is 20.0. The van der Waals surface area contributed by atoms with E-state index in [0.717, 1.165) is 27.8 Å². The molecule has 1 aromatic heterocycles. The summed E-state index contributed by atoms with van der Waals surface area (Å²) in [6.07, 6.45) is 0. The number of benzene rings is 3. The van der Waals surface area contributed by atoms with Crippen LogP contribution in [0.1, 0.15) is 17.0 Å². The number of aliphatic hydroxyl groups is 1. The molecule has 0 saturated carbocycles. The molecule has 0 atom stereocenters. The Kier molecular flexibility index (Phi) is 2.90. The van der Waals surface area contributed by atoms with E-state index in [2.05, 4.69) is 10.2 Å². The molecule has 0 radical (unpaired) electrons. The second kappa shape index (κ2) is 5.13. The molecule has 4 heteroatoms. The van der Waals surface area contributed by atoms with Gasteiger partial charge in [0.1, 0.15) is 0 Å². The van der Waals surface area contributed by atoms with E-state index < -0.39 is 5.60 Å². The van der Waals surface area contributed by atoms with E-state index >= 15 is 0 Å². The van der Waals surface area contributed by atoms with Gasteiger partial charge in [0, 0.05) is 16.7 Å². The Morgan fingerprint density at radius 3 is 1.88 bits per heavy atom. The molecule has 0 bridgehead atoms. The van der Waals surface area contributed by atoms with E-state index in [1.165, 1.54) is 0 Å². The second-order valence-corrected chi connectivity index (χ2v) is 6.08. The molecule has 1 aliphatic rings. The monoisotopic (exact) mass is 326 g/mol. The SMILES string of the molecule is OC1(c2nnc(-c3ccccc3)o2)c2ccccc2-c2ccccc21. The van der Waals surface area contributed by atoms with Gasteiger partial charge in [-0.25, -0.2) is 0 Å². The van der Waals surface area contributed by atoms with Gasteiger partial charge >= 0.3 is 0 Å². The predicted octanol–water partition coefficient (Wildman–Crippen LogP) is 4.00. The Morgan fingerprint density at radius 2 is 1.24 bits per heavy atom. The number of hydrogen-bond donors (Lipinski definition) is 1. The molecule has 0 spiro atoms. The van der Waals surface area contributed by atoms with Crippen LogP contribution in [-0.2, 0) is 5.60 Å². The molecule has 0 fully saturated rings. The van der Waals surface area contributed by atoms with Crippen LogP contribution in [0.25, 0.3) is 22.6 Å². The van der Waals surface area contributed by atoms with Crippen LogP contribution in [0, 0.1) is 0 Å².